The van der Waals surface area contributed by atoms with Crippen LogP contribution in [0.3, 0.4) is 0 Å². The van der Waals surface area contributed by atoms with E-state index in [2.05, 4.69) is 16.4 Å². The van der Waals surface area contributed by atoms with Crippen molar-refractivity contribution in [2.45, 2.75) is 26.4 Å². The summed E-state index contributed by atoms with van der Waals surface area (Å²) < 4.78 is 13.0. The molecule has 0 radical (unpaired) electrons. The van der Waals surface area contributed by atoms with Gasteiger partial charge in [0.25, 0.3) is 0 Å². The van der Waals surface area contributed by atoms with Gasteiger partial charge in [0, 0.05) is 5.69 Å². The summed E-state index contributed by atoms with van der Waals surface area (Å²) in [6, 6.07) is 11.7. The second-order valence-corrected chi connectivity index (χ2v) is 5.98. The quantitative estimate of drug-likeness (QED) is 0.600. The van der Waals surface area contributed by atoms with Crippen LogP contribution < -0.4 is 11.1 Å². The molecule has 0 fully saturated rings. The number of benzene rings is 2. The van der Waals surface area contributed by atoms with Crippen LogP contribution in [0, 0.1) is 19.7 Å². The van der Waals surface area contributed by atoms with Crippen molar-refractivity contribution < 1.29 is 9.50 Å². The molecule has 1 atom stereocenters. The first-order chi connectivity index (χ1) is 10.8. The first-order valence-corrected chi connectivity index (χ1v) is 7.40. The van der Waals surface area contributed by atoms with Crippen LogP contribution in [0.2, 0.25) is 0 Å². The Bertz CT molecular complexity index is 688. The maximum absolute atomic E-state index is 13.0. The molecular weight excluding hydrogens is 293 g/mol. The molecule has 122 valence electrons. The lowest BCUT2D eigenvalue weighted by molar-refractivity contribution is 0.0673. The number of aliphatic imine (C=N–C) groups is 1. The number of rotatable bonds is 4. The number of anilines is 1. The minimum Gasteiger partial charge on any atom is -0.384 e. The van der Waals surface area contributed by atoms with Crippen LogP contribution in [-0.2, 0) is 5.60 Å². The fraction of sp³-hybridized carbons (Fsp3) is 0.278. The second-order valence-electron chi connectivity index (χ2n) is 5.98. The summed E-state index contributed by atoms with van der Waals surface area (Å²) in [6.07, 6.45) is 0. The fourth-order valence-electron chi connectivity index (χ4n) is 2.37. The van der Waals surface area contributed by atoms with E-state index in [0.717, 1.165) is 16.8 Å². The molecule has 0 aromatic heterocycles. The Morgan fingerprint density at radius 2 is 1.74 bits per heavy atom. The molecule has 4 N–H and O–H groups in total. The van der Waals surface area contributed by atoms with E-state index >= 15 is 0 Å². The topological polar surface area (TPSA) is 70.6 Å². The summed E-state index contributed by atoms with van der Waals surface area (Å²) >= 11 is 0. The van der Waals surface area contributed by atoms with E-state index in [1.165, 1.54) is 12.1 Å². The molecule has 0 bridgehead atoms. The Morgan fingerprint density at radius 1 is 1.17 bits per heavy atom. The van der Waals surface area contributed by atoms with Crippen molar-refractivity contribution in [2.24, 2.45) is 10.7 Å². The van der Waals surface area contributed by atoms with Crippen LogP contribution >= 0.6 is 0 Å². The zero-order valence-corrected chi connectivity index (χ0v) is 13.6. The number of guanidine groups is 1. The van der Waals surface area contributed by atoms with Crippen molar-refractivity contribution in [3.8, 4) is 0 Å². The molecule has 2 rings (SSSR count). The van der Waals surface area contributed by atoms with E-state index in [-0.39, 0.29) is 18.3 Å². The molecule has 5 heteroatoms. The number of hydrogen-bond donors (Lipinski definition) is 3. The van der Waals surface area contributed by atoms with Crippen molar-refractivity contribution in [1.82, 2.24) is 0 Å². The highest BCUT2D eigenvalue weighted by atomic mass is 19.1. The van der Waals surface area contributed by atoms with Gasteiger partial charge in [-0.3, -0.25) is 0 Å². The predicted octanol–water partition coefficient (Wildman–Crippen LogP) is 3.08. The lowest BCUT2D eigenvalue weighted by Gasteiger charge is -2.22. The van der Waals surface area contributed by atoms with Gasteiger partial charge in [0.1, 0.15) is 11.4 Å². The van der Waals surface area contributed by atoms with Crippen LogP contribution in [0.1, 0.15) is 23.6 Å². The van der Waals surface area contributed by atoms with E-state index in [4.69, 9.17) is 5.73 Å². The second kappa shape index (κ2) is 6.79. The number of aliphatic hydroxyl groups is 1. The average molecular weight is 315 g/mol. The summed E-state index contributed by atoms with van der Waals surface area (Å²) in [5, 5.41) is 13.5. The van der Waals surface area contributed by atoms with Crippen LogP contribution in [0.5, 0.6) is 0 Å². The molecule has 0 spiro atoms. The Morgan fingerprint density at radius 3 is 2.30 bits per heavy atom. The monoisotopic (exact) mass is 315 g/mol. The van der Waals surface area contributed by atoms with Crippen LogP contribution in [0.15, 0.2) is 47.5 Å². The Kier molecular flexibility index (Phi) is 5.01. The molecule has 0 saturated carbocycles. The largest absolute Gasteiger partial charge is 0.384 e. The zero-order chi connectivity index (χ0) is 17.0. The zero-order valence-electron chi connectivity index (χ0n) is 13.6. The molecule has 23 heavy (non-hydrogen) atoms. The van der Waals surface area contributed by atoms with Gasteiger partial charge >= 0.3 is 0 Å². The third kappa shape index (κ3) is 4.79. The molecule has 2 aromatic carbocycles. The fourth-order valence-corrected chi connectivity index (χ4v) is 2.37. The molecule has 2 aromatic rings. The van der Waals surface area contributed by atoms with Gasteiger partial charge in [-0.25, -0.2) is 9.38 Å². The van der Waals surface area contributed by atoms with Crippen LogP contribution in [-0.4, -0.2) is 17.6 Å². The minimum atomic E-state index is -1.22. The van der Waals surface area contributed by atoms with Gasteiger partial charge in [-0.2, -0.15) is 0 Å². The van der Waals surface area contributed by atoms with Crippen molar-refractivity contribution in [2.75, 3.05) is 11.9 Å². The summed E-state index contributed by atoms with van der Waals surface area (Å²) in [4.78, 5) is 4.19. The molecule has 0 heterocycles. The van der Waals surface area contributed by atoms with E-state index in [1.54, 1.807) is 19.1 Å². The van der Waals surface area contributed by atoms with E-state index in [9.17, 15) is 9.50 Å². The molecule has 0 amide bonds. The first-order valence-electron chi connectivity index (χ1n) is 7.40. The van der Waals surface area contributed by atoms with Gasteiger partial charge < -0.3 is 16.2 Å². The van der Waals surface area contributed by atoms with E-state index in [0.29, 0.717) is 5.56 Å². The minimum absolute atomic E-state index is 0.0717. The third-order valence-electron chi connectivity index (χ3n) is 3.52. The van der Waals surface area contributed by atoms with Crippen LogP contribution in [0.25, 0.3) is 0 Å². The molecule has 1 unspecified atom stereocenters. The van der Waals surface area contributed by atoms with Crippen molar-refractivity contribution >= 4 is 11.6 Å². The van der Waals surface area contributed by atoms with E-state index in [1.807, 2.05) is 26.0 Å². The number of hydrogen-bond acceptors (Lipinski definition) is 2. The lowest BCUT2D eigenvalue weighted by Crippen LogP contribution is -2.29. The highest BCUT2D eigenvalue weighted by Gasteiger charge is 2.22. The van der Waals surface area contributed by atoms with Crippen molar-refractivity contribution in [3.63, 3.8) is 0 Å². The molecule has 0 saturated heterocycles. The summed E-state index contributed by atoms with van der Waals surface area (Å²) in [5.41, 5.74) is 8.35. The molecule has 4 nitrogen and oxygen atoms in total. The molecular formula is C18H22FN3O. The maximum atomic E-state index is 13.0. The van der Waals surface area contributed by atoms with Crippen LogP contribution in [0.4, 0.5) is 10.1 Å². The highest BCUT2D eigenvalue weighted by Crippen LogP contribution is 2.21. The number of nitrogens with one attached hydrogen (secondary N) is 1. The highest BCUT2D eigenvalue weighted by molar-refractivity contribution is 5.92. The maximum Gasteiger partial charge on any atom is 0.193 e. The Balaban J connectivity index is 2.07. The SMILES string of the molecule is Cc1cc(C)cc(NC(N)=NCC(C)(O)c2ccc(F)cc2)c1. The lowest BCUT2D eigenvalue weighted by atomic mass is 9.96. The van der Waals surface area contributed by atoms with Crippen molar-refractivity contribution in [3.05, 3.63) is 65.0 Å². The van der Waals surface area contributed by atoms with Gasteiger partial charge in [0.2, 0.25) is 0 Å². The Hall–Kier alpha value is -2.40. The smallest absolute Gasteiger partial charge is 0.193 e. The van der Waals surface area contributed by atoms with Gasteiger partial charge in [-0.15, -0.1) is 0 Å². The number of halogens is 1. The standard InChI is InChI=1S/C18H22FN3O/c1-12-8-13(2)10-16(9-12)22-17(20)21-11-18(3,23)14-4-6-15(19)7-5-14/h4-10,23H,11H2,1-3H3,(H3,20,21,22). The van der Waals surface area contributed by atoms with E-state index < -0.39 is 5.60 Å². The number of nitrogens with zero attached hydrogens (tertiary/aromatic N) is 1. The Labute approximate surface area is 135 Å². The van der Waals surface area contributed by atoms with Gasteiger partial charge in [-0.1, -0.05) is 18.2 Å². The summed E-state index contributed by atoms with van der Waals surface area (Å²) in [7, 11) is 0. The van der Waals surface area contributed by atoms with Gasteiger partial charge in [-0.05, 0) is 61.7 Å². The summed E-state index contributed by atoms with van der Waals surface area (Å²) in [6.45, 7) is 5.70. The van der Waals surface area contributed by atoms with Gasteiger partial charge in [0.05, 0.1) is 6.54 Å². The molecule has 0 aliphatic heterocycles. The third-order valence-corrected chi connectivity index (χ3v) is 3.52. The van der Waals surface area contributed by atoms with Crippen molar-refractivity contribution in [1.29, 1.82) is 0 Å². The summed E-state index contributed by atoms with van der Waals surface area (Å²) in [5.74, 6) is -0.124. The molecule has 0 aliphatic carbocycles. The number of nitrogens with two attached hydrogens (primary N) is 1. The average Bonchev–Trinajstić information content (AvgIpc) is 2.44. The van der Waals surface area contributed by atoms with Gasteiger partial charge in [0.15, 0.2) is 5.96 Å². The number of aryl methyl sites for hydroxylation is 2. The first kappa shape index (κ1) is 17.0. The normalized spacial score (nSPS) is 14.4. The predicted molar refractivity (Wildman–Crippen MR) is 92.0 cm³/mol. The molecule has 0 aliphatic rings.